The van der Waals surface area contributed by atoms with Gasteiger partial charge in [0.25, 0.3) is 11.7 Å². The first kappa shape index (κ1) is 22.3. The summed E-state index contributed by atoms with van der Waals surface area (Å²) >= 11 is 0. The zero-order valence-electron chi connectivity index (χ0n) is 19.3. The number of nitrogens with zero attached hydrogens (tertiary/aromatic N) is 2. The van der Waals surface area contributed by atoms with E-state index < -0.39 is 17.7 Å². The number of Topliss-reactive ketones (excluding diaryl/α,β-unsaturated/α-hetero) is 1. The number of aromatic nitrogens is 1. The number of aliphatic hydroxyl groups is 1. The summed E-state index contributed by atoms with van der Waals surface area (Å²) in [6, 6.07) is 12.0. The van der Waals surface area contributed by atoms with E-state index in [0.717, 1.165) is 22.3 Å². The van der Waals surface area contributed by atoms with Gasteiger partial charge in [-0.1, -0.05) is 24.3 Å². The molecule has 2 aromatic carbocycles. The van der Waals surface area contributed by atoms with Gasteiger partial charge in [-0.15, -0.1) is 0 Å². The summed E-state index contributed by atoms with van der Waals surface area (Å²) < 4.78 is 5.54. The number of benzene rings is 2. The maximum Gasteiger partial charge on any atom is 0.300 e. The van der Waals surface area contributed by atoms with E-state index in [1.54, 1.807) is 30.6 Å². The van der Waals surface area contributed by atoms with Crippen molar-refractivity contribution in [3.63, 3.8) is 0 Å². The number of ketones is 1. The van der Waals surface area contributed by atoms with Crippen molar-refractivity contribution in [1.29, 1.82) is 0 Å². The number of aryl methyl sites for hydroxylation is 3. The van der Waals surface area contributed by atoms with E-state index in [-0.39, 0.29) is 11.3 Å². The fourth-order valence-electron chi connectivity index (χ4n) is 4.48. The Kier molecular flexibility index (Phi) is 5.77. The van der Waals surface area contributed by atoms with Gasteiger partial charge in [0, 0.05) is 18.1 Å². The number of anilines is 1. The second-order valence-corrected chi connectivity index (χ2v) is 8.34. The largest absolute Gasteiger partial charge is 0.507 e. The molecule has 6 nitrogen and oxygen atoms in total. The van der Waals surface area contributed by atoms with Crippen molar-refractivity contribution in [2.75, 3.05) is 12.0 Å². The Balaban J connectivity index is 2.03. The zero-order chi connectivity index (χ0) is 23.9. The van der Waals surface area contributed by atoms with Crippen LogP contribution in [0.1, 0.15) is 39.4 Å². The van der Waals surface area contributed by atoms with Gasteiger partial charge in [0.05, 0.1) is 24.3 Å². The lowest BCUT2D eigenvalue weighted by atomic mass is 9.94. The monoisotopic (exact) mass is 442 g/mol. The molecule has 2 heterocycles. The van der Waals surface area contributed by atoms with Crippen LogP contribution < -0.4 is 9.64 Å². The van der Waals surface area contributed by atoms with Gasteiger partial charge in [-0.2, -0.15) is 0 Å². The van der Waals surface area contributed by atoms with Crippen LogP contribution in [0.4, 0.5) is 5.69 Å². The molecule has 4 rings (SSSR count). The summed E-state index contributed by atoms with van der Waals surface area (Å²) in [5.74, 6) is -1.24. The molecule has 1 amide bonds. The number of methoxy groups -OCH3 is 1. The Morgan fingerprint density at radius 1 is 1.03 bits per heavy atom. The van der Waals surface area contributed by atoms with Crippen LogP contribution in [-0.2, 0) is 9.59 Å². The number of carbonyl (C=O) groups excluding carboxylic acids is 2. The lowest BCUT2D eigenvalue weighted by molar-refractivity contribution is -0.132. The molecule has 3 aromatic rings. The van der Waals surface area contributed by atoms with Crippen molar-refractivity contribution in [1.82, 2.24) is 4.98 Å². The highest BCUT2D eigenvalue weighted by Crippen LogP contribution is 2.44. The van der Waals surface area contributed by atoms with Crippen molar-refractivity contribution in [2.45, 2.75) is 33.7 Å². The number of hydrogen-bond donors (Lipinski definition) is 1. The predicted molar refractivity (Wildman–Crippen MR) is 127 cm³/mol. The number of carbonyl (C=O) groups is 2. The topological polar surface area (TPSA) is 79.7 Å². The lowest BCUT2D eigenvalue weighted by Crippen LogP contribution is -2.30. The Bertz CT molecular complexity index is 1290. The fraction of sp³-hybridized carbons (Fsp3) is 0.222. The molecular weight excluding hydrogens is 416 g/mol. The van der Waals surface area contributed by atoms with Crippen LogP contribution in [0.3, 0.4) is 0 Å². The van der Waals surface area contributed by atoms with Crippen LogP contribution in [0.25, 0.3) is 5.76 Å². The maximum absolute atomic E-state index is 13.4. The van der Waals surface area contributed by atoms with Gasteiger partial charge in [-0.05, 0) is 73.7 Å². The summed E-state index contributed by atoms with van der Waals surface area (Å²) in [6.45, 7) is 7.64. The Morgan fingerprint density at radius 2 is 1.79 bits per heavy atom. The minimum atomic E-state index is -0.829. The van der Waals surface area contributed by atoms with Crippen LogP contribution >= 0.6 is 0 Å². The van der Waals surface area contributed by atoms with Crippen molar-refractivity contribution < 1.29 is 19.4 Å². The van der Waals surface area contributed by atoms with E-state index in [1.165, 1.54) is 12.0 Å². The quantitative estimate of drug-likeness (QED) is 0.351. The van der Waals surface area contributed by atoms with E-state index in [2.05, 4.69) is 4.98 Å². The summed E-state index contributed by atoms with van der Waals surface area (Å²) in [7, 11) is 1.52. The number of pyridine rings is 1. The average molecular weight is 443 g/mol. The zero-order valence-corrected chi connectivity index (χ0v) is 19.3. The molecule has 33 heavy (non-hydrogen) atoms. The minimum Gasteiger partial charge on any atom is -0.507 e. The summed E-state index contributed by atoms with van der Waals surface area (Å²) in [4.78, 5) is 32.4. The average Bonchev–Trinajstić information content (AvgIpc) is 3.06. The molecule has 1 aromatic heterocycles. The van der Waals surface area contributed by atoms with Gasteiger partial charge < -0.3 is 9.84 Å². The first-order chi connectivity index (χ1) is 15.8. The molecule has 1 aliphatic heterocycles. The lowest BCUT2D eigenvalue weighted by Gasteiger charge is -2.27. The van der Waals surface area contributed by atoms with Crippen LogP contribution in [0.5, 0.6) is 5.75 Å². The van der Waals surface area contributed by atoms with Crippen LogP contribution in [0, 0.1) is 27.7 Å². The molecule has 1 atom stereocenters. The first-order valence-electron chi connectivity index (χ1n) is 10.7. The normalized spacial score (nSPS) is 17.5. The molecule has 1 saturated heterocycles. The second-order valence-electron chi connectivity index (χ2n) is 8.34. The highest BCUT2D eigenvalue weighted by molar-refractivity contribution is 6.51. The third-order valence-corrected chi connectivity index (χ3v) is 6.16. The number of aliphatic hydroxyl groups excluding tert-OH is 1. The summed E-state index contributed by atoms with van der Waals surface area (Å²) in [5.41, 5.74) is 5.24. The van der Waals surface area contributed by atoms with Crippen LogP contribution in [0.15, 0.2) is 60.4 Å². The third kappa shape index (κ3) is 3.67. The second kappa shape index (κ2) is 8.54. The molecule has 0 spiro atoms. The van der Waals surface area contributed by atoms with Gasteiger partial charge >= 0.3 is 0 Å². The molecule has 1 fully saturated rings. The Hall–Kier alpha value is -3.93. The van der Waals surface area contributed by atoms with E-state index in [9.17, 15) is 14.7 Å². The van der Waals surface area contributed by atoms with Crippen molar-refractivity contribution >= 4 is 23.1 Å². The molecule has 0 bridgehead atoms. The van der Waals surface area contributed by atoms with Gasteiger partial charge in [0.15, 0.2) is 0 Å². The van der Waals surface area contributed by atoms with Gasteiger partial charge in [-0.25, -0.2) is 0 Å². The predicted octanol–water partition coefficient (Wildman–Crippen LogP) is 4.95. The van der Waals surface area contributed by atoms with Gasteiger partial charge in [0.1, 0.15) is 11.5 Å². The number of rotatable bonds is 4. The highest BCUT2D eigenvalue weighted by Gasteiger charge is 2.47. The Morgan fingerprint density at radius 3 is 2.45 bits per heavy atom. The van der Waals surface area contributed by atoms with E-state index in [0.29, 0.717) is 22.6 Å². The molecule has 0 radical (unpaired) electrons. The molecule has 6 heteroatoms. The maximum atomic E-state index is 13.4. The first-order valence-corrected chi connectivity index (χ1v) is 10.7. The molecule has 0 aliphatic carbocycles. The smallest absolute Gasteiger partial charge is 0.300 e. The van der Waals surface area contributed by atoms with Gasteiger partial charge in [-0.3, -0.25) is 19.5 Å². The number of ether oxygens (including phenoxy) is 1. The molecule has 1 unspecified atom stereocenters. The minimum absolute atomic E-state index is 0.0113. The van der Waals surface area contributed by atoms with Crippen LogP contribution in [0.2, 0.25) is 0 Å². The van der Waals surface area contributed by atoms with E-state index >= 15 is 0 Å². The molecular formula is C27H26N2O4. The van der Waals surface area contributed by atoms with E-state index in [1.807, 2.05) is 52.0 Å². The molecule has 0 saturated carbocycles. The van der Waals surface area contributed by atoms with Gasteiger partial charge in [0.2, 0.25) is 0 Å². The van der Waals surface area contributed by atoms with Crippen molar-refractivity contribution in [3.05, 3.63) is 93.8 Å². The van der Waals surface area contributed by atoms with Crippen molar-refractivity contribution in [2.24, 2.45) is 0 Å². The Labute approximate surface area is 193 Å². The van der Waals surface area contributed by atoms with Crippen LogP contribution in [-0.4, -0.2) is 28.9 Å². The molecule has 1 N–H and O–H groups in total. The van der Waals surface area contributed by atoms with Crippen molar-refractivity contribution in [3.8, 4) is 5.75 Å². The third-order valence-electron chi connectivity index (χ3n) is 6.16. The van der Waals surface area contributed by atoms with E-state index in [4.69, 9.17) is 4.74 Å². The number of hydrogen-bond acceptors (Lipinski definition) is 5. The molecule has 168 valence electrons. The standard InChI is InChI=1S/C27H26N2O4/c1-15-12-17(3)26(33-5)20(13-15)24(30)22-23(19-9-7-11-28-14-19)29(27(32)25(22)31)21-10-6-8-16(2)18(21)4/h6-14,23,30H,1-5H3/b24-22+. The number of amides is 1. The molecule has 1 aliphatic rings. The summed E-state index contributed by atoms with van der Waals surface area (Å²) in [6.07, 6.45) is 3.24. The summed E-state index contributed by atoms with van der Waals surface area (Å²) in [5, 5.41) is 11.5. The SMILES string of the molecule is COc1c(C)cc(C)cc1/C(O)=C1\C(=O)C(=O)N(c2cccc(C)c2C)C1c1cccnc1. The highest BCUT2D eigenvalue weighted by atomic mass is 16.5. The fourth-order valence-corrected chi connectivity index (χ4v) is 4.48.